The van der Waals surface area contributed by atoms with Crippen LogP contribution in [0.2, 0.25) is 0 Å². The Balaban J connectivity index is 2.22. The number of halogens is 1. The van der Waals surface area contributed by atoms with Crippen LogP contribution in [0.5, 0.6) is 0 Å². The number of carbonyl (C=O) groups excluding carboxylic acids is 1. The third-order valence-corrected chi connectivity index (χ3v) is 2.67. The molecule has 0 aromatic carbocycles. The number of nitrogens with zero attached hydrogens (tertiary/aromatic N) is 4. The molecule has 0 radical (unpaired) electrons. The van der Waals surface area contributed by atoms with E-state index >= 15 is 0 Å². The average Bonchev–Trinajstić information content (AvgIpc) is 2.60. The van der Waals surface area contributed by atoms with E-state index in [0.717, 1.165) is 5.56 Å². The van der Waals surface area contributed by atoms with Crippen molar-refractivity contribution in [1.82, 2.24) is 20.0 Å². The van der Waals surface area contributed by atoms with Crippen LogP contribution in [-0.2, 0) is 13.5 Å². The fraction of sp³-hybridized carbons (Fsp3) is 0.200. The van der Waals surface area contributed by atoms with E-state index in [1.54, 1.807) is 25.5 Å². The minimum Gasteiger partial charge on any atom is -0.292 e. The van der Waals surface area contributed by atoms with Gasteiger partial charge in [-0.25, -0.2) is 4.68 Å². The number of Topliss-reactive ketones (excluding diaryl/α,β-unsaturated/α-hetero) is 1. The number of aromatic nitrogens is 4. The maximum Gasteiger partial charge on any atom is 0.188 e. The van der Waals surface area contributed by atoms with Gasteiger partial charge in [0.2, 0.25) is 0 Å². The number of ketones is 1. The zero-order valence-electron chi connectivity index (χ0n) is 8.59. The third kappa shape index (κ3) is 2.16. The van der Waals surface area contributed by atoms with Crippen LogP contribution < -0.4 is 0 Å². The predicted octanol–water partition coefficient (Wildman–Crippen LogP) is 1.40. The van der Waals surface area contributed by atoms with Gasteiger partial charge in [0.25, 0.3) is 0 Å². The molecule has 0 atom stereocenters. The SMILES string of the molecule is Cn1nnc(Br)c1C(=O)Cc1cccnc1. The standard InChI is InChI=1S/C10H9BrN4O/c1-15-9(10(11)13-14-15)8(16)5-7-3-2-4-12-6-7/h2-4,6H,5H2,1H3. The lowest BCUT2D eigenvalue weighted by Gasteiger charge is -2.00. The molecule has 0 aliphatic carbocycles. The zero-order chi connectivity index (χ0) is 11.5. The van der Waals surface area contributed by atoms with Crippen molar-refractivity contribution < 1.29 is 4.79 Å². The fourth-order valence-corrected chi connectivity index (χ4v) is 1.95. The van der Waals surface area contributed by atoms with Gasteiger partial charge in [0.1, 0.15) is 5.69 Å². The Labute approximate surface area is 101 Å². The summed E-state index contributed by atoms with van der Waals surface area (Å²) in [6, 6.07) is 3.67. The molecule has 2 rings (SSSR count). The second-order valence-electron chi connectivity index (χ2n) is 3.31. The van der Waals surface area contributed by atoms with Gasteiger partial charge in [-0.1, -0.05) is 11.3 Å². The van der Waals surface area contributed by atoms with Crippen molar-refractivity contribution in [1.29, 1.82) is 0 Å². The van der Waals surface area contributed by atoms with Gasteiger partial charge in [-0.3, -0.25) is 9.78 Å². The number of hydrogen-bond donors (Lipinski definition) is 0. The Morgan fingerprint density at radius 3 is 2.94 bits per heavy atom. The first kappa shape index (κ1) is 10.9. The molecule has 0 aliphatic rings. The van der Waals surface area contributed by atoms with E-state index in [0.29, 0.717) is 16.7 Å². The lowest BCUT2D eigenvalue weighted by atomic mass is 10.1. The van der Waals surface area contributed by atoms with Gasteiger partial charge >= 0.3 is 0 Å². The Bertz CT molecular complexity index is 489. The number of hydrogen-bond acceptors (Lipinski definition) is 4. The molecule has 2 aromatic rings. The summed E-state index contributed by atoms with van der Waals surface area (Å²) in [6.07, 6.45) is 3.65. The molecule has 0 aliphatic heterocycles. The van der Waals surface area contributed by atoms with E-state index in [-0.39, 0.29) is 5.78 Å². The Hall–Kier alpha value is -1.56. The summed E-state index contributed by atoms with van der Waals surface area (Å²) >= 11 is 3.20. The second kappa shape index (κ2) is 4.52. The van der Waals surface area contributed by atoms with Crippen LogP contribution in [0.3, 0.4) is 0 Å². The number of pyridine rings is 1. The molecule has 2 heterocycles. The summed E-state index contributed by atoms with van der Waals surface area (Å²) in [5.74, 6) is -0.0348. The van der Waals surface area contributed by atoms with E-state index in [9.17, 15) is 4.79 Å². The van der Waals surface area contributed by atoms with E-state index in [2.05, 4.69) is 31.2 Å². The molecule has 0 unspecified atom stereocenters. The smallest absolute Gasteiger partial charge is 0.188 e. The number of aryl methyl sites for hydroxylation is 1. The van der Waals surface area contributed by atoms with Gasteiger partial charge in [0, 0.05) is 25.9 Å². The van der Waals surface area contributed by atoms with E-state index in [4.69, 9.17) is 0 Å². The molecule has 0 saturated carbocycles. The monoisotopic (exact) mass is 280 g/mol. The first-order chi connectivity index (χ1) is 7.68. The molecule has 5 nitrogen and oxygen atoms in total. The molecule has 0 amide bonds. The summed E-state index contributed by atoms with van der Waals surface area (Å²) in [5.41, 5.74) is 1.35. The predicted molar refractivity (Wildman–Crippen MR) is 61.0 cm³/mol. The first-order valence-electron chi connectivity index (χ1n) is 4.66. The van der Waals surface area contributed by atoms with Crippen molar-refractivity contribution in [3.63, 3.8) is 0 Å². The lowest BCUT2D eigenvalue weighted by molar-refractivity contribution is 0.0983. The average molecular weight is 281 g/mol. The van der Waals surface area contributed by atoms with Crippen LogP contribution in [-0.4, -0.2) is 25.8 Å². The van der Waals surface area contributed by atoms with Crippen LogP contribution in [0.4, 0.5) is 0 Å². The van der Waals surface area contributed by atoms with Crippen molar-refractivity contribution >= 4 is 21.7 Å². The summed E-state index contributed by atoms with van der Waals surface area (Å²) < 4.78 is 1.94. The number of rotatable bonds is 3. The van der Waals surface area contributed by atoms with Gasteiger partial charge < -0.3 is 0 Å². The maximum absolute atomic E-state index is 12.0. The van der Waals surface area contributed by atoms with Gasteiger partial charge in [0.15, 0.2) is 10.4 Å². The van der Waals surface area contributed by atoms with Crippen LogP contribution in [0, 0.1) is 0 Å². The second-order valence-corrected chi connectivity index (χ2v) is 4.06. The molecule has 0 fully saturated rings. The molecule has 82 valence electrons. The van der Waals surface area contributed by atoms with Crippen molar-refractivity contribution in [2.45, 2.75) is 6.42 Å². The Morgan fingerprint density at radius 1 is 1.56 bits per heavy atom. The largest absolute Gasteiger partial charge is 0.292 e. The van der Waals surface area contributed by atoms with Gasteiger partial charge in [-0.05, 0) is 27.6 Å². The van der Waals surface area contributed by atoms with Crippen LogP contribution in [0.15, 0.2) is 29.1 Å². The summed E-state index contributed by atoms with van der Waals surface area (Å²) in [7, 11) is 1.69. The number of carbonyl (C=O) groups is 1. The van der Waals surface area contributed by atoms with E-state index in [1.165, 1.54) is 4.68 Å². The molecule has 0 N–H and O–H groups in total. The van der Waals surface area contributed by atoms with E-state index < -0.39 is 0 Å². The normalized spacial score (nSPS) is 10.4. The van der Waals surface area contributed by atoms with Crippen molar-refractivity contribution in [2.75, 3.05) is 0 Å². The maximum atomic E-state index is 12.0. The Kier molecular flexibility index (Phi) is 3.09. The Morgan fingerprint density at radius 2 is 2.38 bits per heavy atom. The minimum atomic E-state index is -0.0348. The highest BCUT2D eigenvalue weighted by Crippen LogP contribution is 2.14. The summed E-state index contributed by atoms with van der Waals surface area (Å²) in [4.78, 5) is 15.9. The molecular weight excluding hydrogens is 272 g/mol. The highest BCUT2D eigenvalue weighted by molar-refractivity contribution is 9.10. The summed E-state index contributed by atoms with van der Waals surface area (Å²) in [5, 5.41) is 7.53. The molecule has 16 heavy (non-hydrogen) atoms. The fourth-order valence-electron chi connectivity index (χ4n) is 1.40. The van der Waals surface area contributed by atoms with Gasteiger partial charge in [-0.2, -0.15) is 0 Å². The van der Waals surface area contributed by atoms with E-state index in [1.807, 2.05) is 6.07 Å². The van der Waals surface area contributed by atoms with Gasteiger partial charge in [-0.15, -0.1) is 5.10 Å². The summed E-state index contributed by atoms with van der Waals surface area (Å²) in [6.45, 7) is 0. The molecular formula is C10H9BrN4O. The van der Waals surface area contributed by atoms with Crippen molar-refractivity contribution in [2.24, 2.45) is 7.05 Å². The minimum absolute atomic E-state index is 0.0348. The van der Waals surface area contributed by atoms with Crippen molar-refractivity contribution in [3.05, 3.63) is 40.4 Å². The van der Waals surface area contributed by atoms with Gasteiger partial charge in [0.05, 0.1) is 0 Å². The molecule has 2 aromatic heterocycles. The quantitative estimate of drug-likeness (QED) is 0.798. The molecule has 0 bridgehead atoms. The van der Waals surface area contributed by atoms with Crippen molar-refractivity contribution in [3.8, 4) is 0 Å². The van der Waals surface area contributed by atoms with Crippen LogP contribution in [0.1, 0.15) is 16.1 Å². The van der Waals surface area contributed by atoms with Crippen LogP contribution in [0.25, 0.3) is 0 Å². The third-order valence-electron chi connectivity index (χ3n) is 2.14. The molecule has 6 heteroatoms. The first-order valence-corrected chi connectivity index (χ1v) is 5.45. The topological polar surface area (TPSA) is 60.7 Å². The molecule has 0 saturated heterocycles. The highest BCUT2D eigenvalue weighted by atomic mass is 79.9. The zero-order valence-corrected chi connectivity index (χ0v) is 10.2. The van der Waals surface area contributed by atoms with Crippen LogP contribution >= 0.6 is 15.9 Å². The lowest BCUT2D eigenvalue weighted by Crippen LogP contribution is -2.10. The molecule has 0 spiro atoms. The highest BCUT2D eigenvalue weighted by Gasteiger charge is 2.16.